The van der Waals surface area contributed by atoms with Crippen LogP contribution in [0.2, 0.25) is 0 Å². The van der Waals surface area contributed by atoms with Gasteiger partial charge in [0.1, 0.15) is 0 Å². The molecule has 3 rings (SSSR count). The van der Waals surface area contributed by atoms with E-state index in [1.807, 2.05) is 0 Å². The van der Waals surface area contributed by atoms with Crippen molar-refractivity contribution in [2.45, 2.75) is 23.1 Å². The van der Waals surface area contributed by atoms with Crippen molar-refractivity contribution in [1.29, 1.82) is 0 Å². The number of hydrogen-bond donors (Lipinski definition) is 0. The Hall–Kier alpha value is -1.08. The van der Waals surface area contributed by atoms with E-state index in [1.54, 1.807) is 0 Å². The van der Waals surface area contributed by atoms with Gasteiger partial charge in [0.15, 0.2) is 0 Å². The number of alkyl halides is 1. The summed E-state index contributed by atoms with van der Waals surface area (Å²) < 4.78 is 0.204. The van der Waals surface area contributed by atoms with Crippen LogP contribution in [0.1, 0.15) is 29.9 Å². The first-order valence-electron chi connectivity index (χ1n) is 6.00. The maximum Gasteiger partial charge on any atom is 0.0379 e. The van der Waals surface area contributed by atoms with Crippen LogP contribution in [0.4, 0.5) is 0 Å². The summed E-state index contributed by atoms with van der Waals surface area (Å²) in [5.41, 5.74) is 2.86. The summed E-state index contributed by atoms with van der Waals surface area (Å²) in [5.74, 6) is 1.18. The first kappa shape index (κ1) is 11.0. The summed E-state index contributed by atoms with van der Waals surface area (Å²) in [4.78, 5) is 0. The molecule has 0 spiro atoms. The highest BCUT2D eigenvalue weighted by molar-refractivity contribution is 9.10. The molecule has 0 bridgehead atoms. The molecule has 1 aliphatic carbocycles. The minimum Gasteiger partial charge on any atom is -0.0843 e. The molecule has 1 aliphatic rings. The van der Waals surface area contributed by atoms with Gasteiger partial charge in [-0.2, -0.15) is 0 Å². The minimum atomic E-state index is 0.204. The summed E-state index contributed by atoms with van der Waals surface area (Å²) in [6.07, 6.45) is 0. The highest BCUT2D eigenvalue weighted by Gasteiger charge is 2.60. The zero-order chi connectivity index (χ0) is 11.9. The zero-order valence-electron chi connectivity index (χ0n) is 9.81. The molecular weight excluding hydrogens is 272 g/mol. The van der Waals surface area contributed by atoms with Gasteiger partial charge in [-0.05, 0) is 18.1 Å². The number of hydrogen-bond acceptors (Lipinski definition) is 0. The summed E-state index contributed by atoms with van der Waals surface area (Å²) >= 11 is 3.89. The van der Waals surface area contributed by atoms with E-state index in [1.165, 1.54) is 11.1 Å². The maximum absolute atomic E-state index is 3.89. The van der Waals surface area contributed by atoms with Crippen molar-refractivity contribution < 1.29 is 0 Å². The van der Waals surface area contributed by atoms with Gasteiger partial charge >= 0.3 is 0 Å². The van der Waals surface area contributed by atoms with Crippen molar-refractivity contribution in [3.05, 3.63) is 71.8 Å². The van der Waals surface area contributed by atoms with Gasteiger partial charge in [-0.3, -0.25) is 0 Å². The number of halogens is 1. The van der Waals surface area contributed by atoms with Gasteiger partial charge in [-0.25, -0.2) is 0 Å². The summed E-state index contributed by atoms with van der Waals surface area (Å²) in [6, 6.07) is 21.6. The Morgan fingerprint density at radius 3 is 1.47 bits per heavy atom. The van der Waals surface area contributed by atoms with Crippen LogP contribution in [0.25, 0.3) is 0 Å². The van der Waals surface area contributed by atoms with Crippen molar-refractivity contribution >= 4 is 15.9 Å². The zero-order valence-corrected chi connectivity index (χ0v) is 11.4. The molecule has 1 fully saturated rings. The van der Waals surface area contributed by atoms with E-state index in [-0.39, 0.29) is 4.32 Å². The van der Waals surface area contributed by atoms with Crippen LogP contribution in [0.3, 0.4) is 0 Å². The Labute approximate surface area is 111 Å². The average Bonchev–Trinajstić information content (AvgIpc) is 2.94. The lowest BCUT2D eigenvalue weighted by Crippen LogP contribution is -1.93. The third-order valence-corrected chi connectivity index (χ3v) is 4.74. The molecule has 0 radical (unpaired) electrons. The van der Waals surface area contributed by atoms with Crippen LogP contribution in [-0.2, 0) is 0 Å². The van der Waals surface area contributed by atoms with E-state index in [2.05, 4.69) is 83.5 Å². The predicted octanol–water partition coefficient (Wildman–Crippen LogP) is 4.72. The Kier molecular flexibility index (Phi) is 2.59. The van der Waals surface area contributed by atoms with Crippen LogP contribution >= 0.6 is 15.9 Å². The molecule has 0 amide bonds. The predicted molar refractivity (Wildman–Crippen MR) is 75.7 cm³/mol. The molecular formula is C16H15Br. The van der Waals surface area contributed by atoms with Crippen molar-refractivity contribution in [3.8, 4) is 0 Å². The molecule has 2 atom stereocenters. The molecule has 0 N–H and O–H groups in total. The van der Waals surface area contributed by atoms with Gasteiger partial charge in [0.25, 0.3) is 0 Å². The third-order valence-electron chi connectivity index (χ3n) is 3.76. The largest absolute Gasteiger partial charge is 0.0843 e. The lowest BCUT2D eigenvalue weighted by molar-refractivity contribution is 0.981. The molecule has 0 aromatic heterocycles. The molecule has 0 heterocycles. The molecule has 0 nitrogen and oxygen atoms in total. The van der Waals surface area contributed by atoms with Gasteiger partial charge in [-0.15, -0.1) is 0 Å². The van der Waals surface area contributed by atoms with Gasteiger partial charge < -0.3 is 0 Å². The van der Waals surface area contributed by atoms with Crippen LogP contribution in [0.15, 0.2) is 60.7 Å². The quantitative estimate of drug-likeness (QED) is 0.701. The highest BCUT2D eigenvalue weighted by atomic mass is 79.9. The van der Waals surface area contributed by atoms with Crippen molar-refractivity contribution in [3.63, 3.8) is 0 Å². The summed E-state index contributed by atoms with van der Waals surface area (Å²) in [6.45, 7) is 2.29. The number of rotatable bonds is 2. The highest BCUT2D eigenvalue weighted by Crippen LogP contribution is 2.68. The van der Waals surface area contributed by atoms with E-state index in [9.17, 15) is 0 Å². The molecule has 0 aliphatic heterocycles. The van der Waals surface area contributed by atoms with Crippen molar-refractivity contribution in [2.75, 3.05) is 0 Å². The smallest absolute Gasteiger partial charge is 0.0379 e. The summed E-state index contributed by atoms with van der Waals surface area (Å²) in [7, 11) is 0. The molecule has 17 heavy (non-hydrogen) atoms. The van der Waals surface area contributed by atoms with Crippen LogP contribution in [0.5, 0.6) is 0 Å². The SMILES string of the molecule is CC1(Br)[C@H](c2ccccc2)[C@H]1c1ccccc1. The lowest BCUT2D eigenvalue weighted by Gasteiger charge is -1.99. The normalized spacial score (nSPS) is 31.2. The number of benzene rings is 2. The van der Waals surface area contributed by atoms with Gasteiger partial charge in [0.05, 0.1) is 0 Å². The van der Waals surface area contributed by atoms with Crippen molar-refractivity contribution in [2.24, 2.45) is 0 Å². The topological polar surface area (TPSA) is 0 Å². The summed E-state index contributed by atoms with van der Waals surface area (Å²) in [5, 5.41) is 0. The second-order valence-corrected chi connectivity index (χ2v) is 6.64. The monoisotopic (exact) mass is 286 g/mol. The molecule has 86 valence electrons. The van der Waals surface area contributed by atoms with Crippen molar-refractivity contribution in [1.82, 2.24) is 0 Å². The second kappa shape index (κ2) is 3.99. The molecule has 2 aromatic rings. The maximum atomic E-state index is 3.89. The molecule has 2 aromatic carbocycles. The molecule has 0 saturated heterocycles. The fourth-order valence-electron chi connectivity index (χ4n) is 2.84. The van der Waals surface area contributed by atoms with E-state index in [0.29, 0.717) is 11.8 Å². The Balaban J connectivity index is 1.95. The third kappa shape index (κ3) is 1.83. The molecule has 0 unspecified atom stereocenters. The first-order valence-corrected chi connectivity index (χ1v) is 6.79. The van der Waals surface area contributed by atoms with Crippen LogP contribution in [-0.4, -0.2) is 4.32 Å². The van der Waals surface area contributed by atoms with E-state index in [4.69, 9.17) is 0 Å². The van der Waals surface area contributed by atoms with E-state index in [0.717, 1.165) is 0 Å². The fraction of sp³-hybridized carbons (Fsp3) is 0.250. The van der Waals surface area contributed by atoms with Gasteiger partial charge in [-0.1, -0.05) is 76.6 Å². The fourth-order valence-corrected chi connectivity index (χ4v) is 3.76. The second-order valence-electron chi connectivity index (χ2n) is 4.93. The van der Waals surface area contributed by atoms with E-state index < -0.39 is 0 Å². The minimum absolute atomic E-state index is 0.204. The molecule has 1 saturated carbocycles. The Bertz CT molecular complexity index is 454. The van der Waals surface area contributed by atoms with Gasteiger partial charge in [0, 0.05) is 16.2 Å². The van der Waals surface area contributed by atoms with Gasteiger partial charge in [0.2, 0.25) is 0 Å². The standard InChI is InChI=1S/C16H15Br/c1-16(17)14(12-8-4-2-5-9-12)15(16)13-10-6-3-7-11-13/h2-11,14-15H,1H3/t14-,15-/m1/s1. The molecule has 1 heteroatoms. The van der Waals surface area contributed by atoms with Crippen LogP contribution < -0.4 is 0 Å². The Morgan fingerprint density at radius 1 is 0.765 bits per heavy atom. The van der Waals surface area contributed by atoms with Crippen LogP contribution in [0, 0.1) is 0 Å². The average molecular weight is 287 g/mol. The first-order chi connectivity index (χ1) is 8.21. The van der Waals surface area contributed by atoms with E-state index >= 15 is 0 Å². The lowest BCUT2D eigenvalue weighted by atomic mass is 10.0. The Morgan fingerprint density at radius 2 is 1.12 bits per heavy atom.